The van der Waals surface area contributed by atoms with Crippen LogP contribution in [0.1, 0.15) is 6.92 Å². The van der Waals surface area contributed by atoms with Gasteiger partial charge < -0.3 is 15.4 Å². The van der Waals surface area contributed by atoms with Crippen LogP contribution in [0.25, 0.3) is 10.8 Å². The molecule has 2 aromatic rings. The van der Waals surface area contributed by atoms with Crippen LogP contribution >= 0.6 is 0 Å². The third kappa shape index (κ3) is 3.45. The first kappa shape index (κ1) is 14.3. The standard InChI is InChI=1S/C15H19N3O2/c1-11(15(19)17-9-10-20-2)18-14-13-6-4-3-5-12(13)7-8-16-14/h3-8,11H,9-10H2,1-2H3,(H,16,18)(H,17,19). The Morgan fingerprint density at radius 1 is 1.35 bits per heavy atom. The normalized spacial score (nSPS) is 12.1. The number of carbonyl (C=O) groups excluding carboxylic acids is 1. The van der Waals surface area contributed by atoms with Crippen molar-refractivity contribution in [3.8, 4) is 0 Å². The minimum absolute atomic E-state index is 0.0724. The summed E-state index contributed by atoms with van der Waals surface area (Å²) in [4.78, 5) is 16.2. The summed E-state index contributed by atoms with van der Waals surface area (Å²) in [5, 5.41) is 8.05. The molecule has 0 aliphatic rings. The molecule has 1 atom stereocenters. The van der Waals surface area contributed by atoms with Crippen LogP contribution in [0.4, 0.5) is 5.82 Å². The van der Waals surface area contributed by atoms with Gasteiger partial charge in [-0.25, -0.2) is 4.98 Å². The number of rotatable bonds is 6. The molecule has 20 heavy (non-hydrogen) atoms. The number of nitrogens with zero attached hydrogens (tertiary/aromatic N) is 1. The van der Waals surface area contributed by atoms with Gasteiger partial charge in [-0.15, -0.1) is 0 Å². The Balaban J connectivity index is 2.06. The molecule has 0 radical (unpaired) electrons. The van der Waals surface area contributed by atoms with Gasteiger partial charge in [0.25, 0.3) is 0 Å². The van der Waals surface area contributed by atoms with Crippen molar-refractivity contribution in [1.82, 2.24) is 10.3 Å². The van der Waals surface area contributed by atoms with Crippen LogP contribution in [0.15, 0.2) is 36.5 Å². The van der Waals surface area contributed by atoms with E-state index in [2.05, 4.69) is 15.6 Å². The molecule has 0 aliphatic heterocycles. The average molecular weight is 273 g/mol. The summed E-state index contributed by atoms with van der Waals surface area (Å²) in [6, 6.07) is 9.53. The van der Waals surface area contributed by atoms with Gasteiger partial charge in [0, 0.05) is 25.2 Å². The predicted molar refractivity (Wildman–Crippen MR) is 79.7 cm³/mol. The number of hydrogen-bond donors (Lipinski definition) is 2. The van der Waals surface area contributed by atoms with Gasteiger partial charge in [0.1, 0.15) is 11.9 Å². The number of aromatic nitrogens is 1. The topological polar surface area (TPSA) is 63.2 Å². The molecule has 1 heterocycles. The summed E-state index contributed by atoms with van der Waals surface area (Å²) in [5.41, 5.74) is 0. The molecule has 0 spiro atoms. The van der Waals surface area contributed by atoms with E-state index in [1.54, 1.807) is 13.3 Å². The molecule has 5 nitrogen and oxygen atoms in total. The van der Waals surface area contributed by atoms with E-state index >= 15 is 0 Å². The molecule has 0 aliphatic carbocycles. The van der Waals surface area contributed by atoms with E-state index in [9.17, 15) is 4.79 Å². The highest BCUT2D eigenvalue weighted by molar-refractivity contribution is 5.93. The minimum Gasteiger partial charge on any atom is -0.383 e. The maximum atomic E-state index is 11.9. The zero-order valence-electron chi connectivity index (χ0n) is 11.7. The summed E-state index contributed by atoms with van der Waals surface area (Å²) < 4.78 is 4.90. The number of ether oxygens (including phenoxy) is 1. The number of pyridine rings is 1. The number of carbonyl (C=O) groups is 1. The lowest BCUT2D eigenvalue weighted by molar-refractivity contribution is -0.121. The molecule has 2 rings (SSSR count). The molecule has 2 N–H and O–H groups in total. The smallest absolute Gasteiger partial charge is 0.242 e. The van der Waals surface area contributed by atoms with Crippen LogP contribution in [0, 0.1) is 0 Å². The minimum atomic E-state index is -0.356. The zero-order valence-corrected chi connectivity index (χ0v) is 11.7. The number of hydrogen-bond acceptors (Lipinski definition) is 4. The largest absolute Gasteiger partial charge is 0.383 e. The Morgan fingerprint density at radius 2 is 2.15 bits per heavy atom. The second kappa shape index (κ2) is 6.86. The van der Waals surface area contributed by atoms with Gasteiger partial charge in [-0.2, -0.15) is 0 Å². The highest BCUT2D eigenvalue weighted by Gasteiger charge is 2.13. The van der Waals surface area contributed by atoms with Crippen LogP contribution in [0.2, 0.25) is 0 Å². The lowest BCUT2D eigenvalue weighted by Gasteiger charge is -2.15. The van der Waals surface area contributed by atoms with Crippen LogP contribution in [0.3, 0.4) is 0 Å². The van der Waals surface area contributed by atoms with Crippen LogP contribution in [-0.2, 0) is 9.53 Å². The first-order chi connectivity index (χ1) is 9.72. The van der Waals surface area contributed by atoms with Gasteiger partial charge >= 0.3 is 0 Å². The first-order valence-corrected chi connectivity index (χ1v) is 6.59. The number of benzene rings is 1. The Bertz CT molecular complexity index is 581. The van der Waals surface area contributed by atoms with E-state index < -0.39 is 0 Å². The predicted octanol–water partition coefficient (Wildman–Crippen LogP) is 1.80. The number of anilines is 1. The fourth-order valence-corrected chi connectivity index (χ4v) is 1.93. The van der Waals surface area contributed by atoms with E-state index in [0.717, 1.165) is 16.6 Å². The molecule has 1 aromatic carbocycles. The average Bonchev–Trinajstić information content (AvgIpc) is 2.47. The first-order valence-electron chi connectivity index (χ1n) is 6.59. The van der Waals surface area contributed by atoms with Crippen molar-refractivity contribution >= 4 is 22.5 Å². The number of amides is 1. The lowest BCUT2D eigenvalue weighted by Crippen LogP contribution is -2.39. The monoisotopic (exact) mass is 273 g/mol. The highest BCUT2D eigenvalue weighted by Crippen LogP contribution is 2.20. The van der Waals surface area contributed by atoms with Gasteiger partial charge in [0.2, 0.25) is 5.91 Å². The van der Waals surface area contributed by atoms with Gasteiger partial charge in [0.05, 0.1) is 6.61 Å². The molecule has 1 aromatic heterocycles. The Hall–Kier alpha value is -2.14. The Kier molecular flexibility index (Phi) is 4.90. The molecule has 0 bridgehead atoms. The number of methoxy groups -OCH3 is 1. The Morgan fingerprint density at radius 3 is 2.95 bits per heavy atom. The van der Waals surface area contributed by atoms with Crippen LogP contribution < -0.4 is 10.6 Å². The molecule has 5 heteroatoms. The quantitative estimate of drug-likeness (QED) is 0.788. The third-order valence-electron chi connectivity index (χ3n) is 3.03. The van der Waals surface area contributed by atoms with E-state index in [1.807, 2.05) is 37.3 Å². The summed E-state index contributed by atoms with van der Waals surface area (Å²) in [6.45, 7) is 2.82. The van der Waals surface area contributed by atoms with Crippen molar-refractivity contribution in [3.05, 3.63) is 36.5 Å². The van der Waals surface area contributed by atoms with Crippen molar-refractivity contribution in [3.63, 3.8) is 0 Å². The molecular weight excluding hydrogens is 254 g/mol. The molecule has 0 fully saturated rings. The molecule has 0 saturated heterocycles. The fraction of sp³-hybridized carbons (Fsp3) is 0.333. The van der Waals surface area contributed by atoms with Crippen molar-refractivity contribution in [2.24, 2.45) is 0 Å². The van der Waals surface area contributed by atoms with Gasteiger partial charge in [-0.3, -0.25) is 4.79 Å². The SMILES string of the molecule is COCCNC(=O)C(C)Nc1nccc2ccccc12. The van der Waals surface area contributed by atoms with Crippen molar-refractivity contribution in [1.29, 1.82) is 0 Å². The molecular formula is C15H19N3O2. The number of fused-ring (bicyclic) bond motifs is 1. The molecule has 106 valence electrons. The van der Waals surface area contributed by atoms with E-state index in [1.165, 1.54) is 0 Å². The number of nitrogens with one attached hydrogen (secondary N) is 2. The second-order valence-electron chi connectivity index (χ2n) is 4.53. The molecule has 1 unspecified atom stereocenters. The van der Waals surface area contributed by atoms with Crippen molar-refractivity contribution in [2.45, 2.75) is 13.0 Å². The van der Waals surface area contributed by atoms with Crippen LogP contribution in [0.5, 0.6) is 0 Å². The second-order valence-corrected chi connectivity index (χ2v) is 4.53. The fourth-order valence-electron chi connectivity index (χ4n) is 1.93. The molecule has 0 saturated carbocycles. The van der Waals surface area contributed by atoms with E-state index in [4.69, 9.17) is 4.74 Å². The maximum Gasteiger partial charge on any atom is 0.242 e. The van der Waals surface area contributed by atoms with Gasteiger partial charge in [0.15, 0.2) is 0 Å². The van der Waals surface area contributed by atoms with Crippen molar-refractivity contribution < 1.29 is 9.53 Å². The van der Waals surface area contributed by atoms with Crippen LogP contribution in [-0.4, -0.2) is 37.2 Å². The lowest BCUT2D eigenvalue weighted by atomic mass is 10.1. The summed E-state index contributed by atoms with van der Waals surface area (Å²) in [7, 11) is 1.61. The van der Waals surface area contributed by atoms with E-state index in [-0.39, 0.29) is 11.9 Å². The Labute approximate surface area is 118 Å². The molecule has 1 amide bonds. The maximum absolute atomic E-state index is 11.9. The van der Waals surface area contributed by atoms with Gasteiger partial charge in [-0.05, 0) is 18.4 Å². The highest BCUT2D eigenvalue weighted by atomic mass is 16.5. The summed E-state index contributed by atoms with van der Waals surface area (Å²) >= 11 is 0. The summed E-state index contributed by atoms with van der Waals surface area (Å²) in [5.74, 6) is 0.647. The van der Waals surface area contributed by atoms with E-state index in [0.29, 0.717) is 13.2 Å². The zero-order chi connectivity index (χ0) is 14.4. The summed E-state index contributed by atoms with van der Waals surface area (Å²) in [6.07, 6.45) is 1.74. The third-order valence-corrected chi connectivity index (χ3v) is 3.03. The van der Waals surface area contributed by atoms with Gasteiger partial charge in [-0.1, -0.05) is 24.3 Å². The van der Waals surface area contributed by atoms with Crippen molar-refractivity contribution in [2.75, 3.05) is 25.6 Å².